The second-order valence-electron chi connectivity index (χ2n) is 15.6. The first-order chi connectivity index (χ1) is 30.7. The van der Waals surface area contributed by atoms with Gasteiger partial charge in [0, 0.05) is 38.4 Å². The van der Waals surface area contributed by atoms with Gasteiger partial charge in [-0.25, -0.2) is 4.98 Å². The zero-order valence-corrected chi connectivity index (χ0v) is 33.6. The highest BCUT2D eigenvalue weighted by Gasteiger charge is 2.23. The molecule has 3 heterocycles. The molecule has 12 aromatic rings. The number of fused-ring (bicyclic) bond motifs is 7. The van der Waals surface area contributed by atoms with Crippen LogP contribution in [0.1, 0.15) is 0 Å². The first kappa shape index (κ1) is 35.5. The topological polar surface area (TPSA) is 48.5 Å². The van der Waals surface area contributed by atoms with Crippen molar-refractivity contribution >= 4 is 43.6 Å². The van der Waals surface area contributed by atoms with Crippen molar-refractivity contribution in [1.29, 1.82) is 0 Å². The highest BCUT2D eigenvalue weighted by atomic mass is 15.2. The molecule has 0 fully saturated rings. The fourth-order valence-electron chi connectivity index (χ4n) is 9.02. The summed E-state index contributed by atoms with van der Waals surface area (Å²) in [5.41, 5.74) is 14.4. The monoisotopic (exact) mass is 791 g/mol. The minimum Gasteiger partial charge on any atom is -0.307 e. The second-order valence-corrected chi connectivity index (χ2v) is 15.6. The highest BCUT2D eigenvalue weighted by Crippen LogP contribution is 2.42. The zero-order valence-electron chi connectivity index (χ0n) is 33.6. The first-order valence-electron chi connectivity index (χ1n) is 20.9. The van der Waals surface area contributed by atoms with Gasteiger partial charge in [-0.3, -0.25) is 4.57 Å². The molecule has 5 heteroatoms. The fraction of sp³-hybridized carbons (Fsp3) is 0. The molecule has 0 spiro atoms. The van der Waals surface area contributed by atoms with Crippen LogP contribution < -0.4 is 0 Å². The van der Waals surface area contributed by atoms with E-state index in [1.165, 1.54) is 33.2 Å². The van der Waals surface area contributed by atoms with E-state index >= 15 is 0 Å². The average Bonchev–Trinajstić information content (AvgIpc) is 3.88. The van der Waals surface area contributed by atoms with E-state index in [4.69, 9.17) is 15.0 Å². The molecule has 3 aromatic heterocycles. The van der Waals surface area contributed by atoms with E-state index in [2.05, 4.69) is 197 Å². The Bertz CT molecular complexity index is 3520. The molecule has 5 nitrogen and oxygen atoms in total. The number of nitrogens with zero attached hydrogens (tertiary/aromatic N) is 5. The molecule has 0 aliphatic carbocycles. The van der Waals surface area contributed by atoms with E-state index in [1.54, 1.807) is 0 Å². The largest absolute Gasteiger partial charge is 0.307 e. The SMILES string of the molecule is c1ccc(-c2ccc(-c3ccc(-c4ccc(-n5c6ccccc6c6ccc7c8ccccc8n(-c8nc(-c9ccccc9)nc(-c9ccccc9)n8)c7c65)cc4)cc3)cc2)cc1. The fourth-order valence-corrected chi connectivity index (χ4v) is 9.02. The van der Waals surface area contributed by atoms with Gasteiger partial charge in [0.25, 0.3) is 0 Å². The standard InChI is InChI=1S/C57H37N5/c1-4-14-38(15-5-1)39-24-26-40(27-25-39)41-28-30-42(31-29-41)43-32-34-46(35-33-43)61-51-22-12-10-20-47(51)49-36-37-50-48-21-11-13-23-52(48)62(54(50)53(49)61)57-59-55(44-16-6-2-7-17-44)58-56(60-57)45-18-8-3-9-19-45/h1-37H. The number of hydrogen-bond acceptors (Lipinski definition) is 3. The lowest BCUT2D eigenvalue weighted by Gasteiger charge is -2.14. The minimum absolute atomic E-state index is 0.569. The van der Waals surface area contributed by atoms with Crippen molar-refractivity contribution in [1.82, 2.24) is 24.1 Å². The summed E-state index contributed by atoms with van der Waals surface area (Å²) in [6.07, 6.45) is 0. The van der Waals surface area contributed by atoms with Crippen LogP contribution in [-0.4, -0.2) is 24.1 Å². The summed E-state index contributed by atoms with van der Waals surface area (Å²) in [6, 6.07) is 79.3. The van der Waals surface area contributed by atoms with Crippen LogP contribution in [0.15, 0.2) is 224 Å². The highest BCUT2D eigenvalue weighted by molar-refractivity contribution is 6.23. The molecule has 0 radical (unpaired) electrons. The van der Waals surface area contributed by atoms with Crippen LogP contribution in [0.5, 0.6) is 0 Å². The predicted molar refractivity (Wildman–Crippen MR) is 256 cm³/mol. The Kier molecular flexibility index (Phi) is 8.42. The number of rotatable bonds is 7. The number of benzene rings is 9. The molecule has 0 aliphatic heterocycles. The van der Waals surface area contributed by atoms with E-state index in [-0.39, 0.29) is 0 Å². The van der Waals surface area contributed by atoms with Crippen LogP contribution in [0.3, 0.4) is 0 Å². The maximum absolute atomic E-state index is 5.25. The van der Waals surface area contributed by atoms with Crippen LogP contribution in [0, 0.1) is 0 Å². The molecule has 0 unspecified atom stereocenters. The van der Waals surface area contributed by atoms with Gasteiger partial charge in [0.2, 0.25) is 5.95 Å². The van der Waals surface area contributed by atoms with Crippen molar-refractivity contribution in [2.75, 3.05) is 0 Å². The van der Waals surface area contributed by atoms with Gasteiger partial charge in [0.05, 0.1) is 22.1 Å². The third-order valence-corrected chi connectivity index (χ3v) is 12.0. The van der Waals surface area contributed by atoms with E-state index < -0.39 is 0 Å². The maximum atomic E-state index is 5.25. The van der Waals surface area contributed by atoms with Gasteiger partial charge in [-0.2, -0.15) is 9.97 Å². The smallest absolute Gasteiger partial charge is 0.238 e. The zero-order chi connectivity index (χ0) is 41.0. The molecule has 290 valence electrons. The summed E-state index contributed by atoms with van der Waals surface area (Å²) in [5.74, 6) is 1.81. The molecule has 62 heavy (non-hydrogen) atoms. The molecule has 0 saturated carbocycles. The third-order valence-electron chi connectivity index (χ3n) is 12.0. The molecule has 12 rings (SSSR count). The van der Waals surface area contributed by atoms with Crippen LogP contribution in [0.4, 0.5) is 0 Å². The predicted octanol–water partition coefficient (Wildman–Crippen LogP) is 14.4. The Morgan fingerprint density at radius 3 is 1.03 bits per heavy atom. The van der Waals surface area contributed by atoms with Gasteiger partial charge >= 0.3 is 0 Å². The lowest BCUT2D eigenvalue weighted by Crippen LogP contribution is -2.07. The van der Waals surface area contributed by atoms with Gasteiger partial charge in [0.1, 0.15) is 0 Å². The average molecular weight is 792 g/mol. The van der Waals surface area contributed by atoms with Crippen LogP contribution in [0.2, 0.25) is 0 Å². The molecule has 0 atom stereocenters. The lowest BCUT2D eigenvalue weighted by molar-refractivity contribution is 0.953. The van der Waals surface area contributed by atoms with Crippen LogP contribution >= 0.6 is 0 Å². The normalized spacial score (nSPS) is 11.5. The molecule has 0 bridgehead atoms. The summed E-state index contributed by atoms with van der Waals surface area (Å²) in [4.78, 5) is 15.5. The third kappa shape index (κ3) is 5.98. The van der Waals surface area contributed by atoms with Gasteiger partial charge in [-0.1, -0.05) is 200 Å². The molecular formula is C57H37N5. The summed E-state index contributed by atoms with van der Waals surface area (Å²) >= 11 is 0. The van der Waals surface area contributed by atoms with Crippen molar-refractivity contribution in [2.45, 2.75) is 0 Å². The molecule has 0 aliphatic rings. The molecular weight excluding hydrogens is 755 g/mol. The van der Waals surface area contributed by atoms with E-state index in [0.717, 1.165) is 60.6 Å². The van der Waals surface area contributed by atoms with E-state index in [0.29, 0.717) is 17.6 Å². The van der Waals surface area contributed by atoms with Gasteiger partial charge in [-0.05, 0) is 57.6 Å². The van der Waals surface area contributed by atoms with E-state index in [9.17, 15) is 0 Å². The van der Waals surface area contributed by atoms with Gasteiger partial charge in [0.15, 0.2) is 11.6 Å². The van der Waals surface area contributed by atoms with E-state index in [1.807, 2.05) is 36.4 Å². The Labute approximate surface area is 358 Å². The Balaban J connectivity index is 1.01. The summed E-state index contributed by atoms with van der Waals surface area (Å²) in [6.45, 7) is 0. The number of aromatic nitrogens is 5. The number of hydrogen-bond donors (Lipinski definition) is 0. The second kappa shape index (κ2) is 14.7. The van der Waals surface area contributed by atoms with Crippen molar-refractivity contribution in [3.63, 3.8) is 0 Å². The van der Waals surface area contributed by atoms with Crippen molar-refractivity contribution in [3.8, 4) is 67.8 Å². The van der Waals surface area contributed by atoms with Crippen LogP contribution in [-0.2, 0) is 0 Å². The summed E-state index contributed by atoms with van der Waals surface area (Å²) < 4.78 is 4.65. The van der Waals surface area contributed by atoms with Gasteiger partial charge in [-0.15, -0.1) is 0 Å². The van der Waals surface area contributed by atoms with Gasteiger partial charge < -0.3 is 4.57 Å². The maximum Gasteiger partial charge on any atom is 0.238 e. The van der Waals surface area contributed by atoms with Crippen LogP contribution in [0.25, 0.3) is 111 Å². The molecule has 9 aromatic carbocycles. The summed E-state index contributed by atoms with van der Waals surface area (Å²) in [7, 11) is 0. The van der Waals surface area contributed by atoms with Crippen molar-refractivity contribution in [3.05, 3.63) is 224 Å². The molecule has 0 N–H and O–H groups in total. The Morgan fingerprint density at radius 2 is 0.581 bits per heavy atom. The Morgan fingerprint density at radius 1 is 0.242 bits per heavy atom. The minimum atomic E-state index is 0.569. The quantitative estimate of drug-likeness (QED) is 0.162. The molecule has 0 amide bonds. The van der Waals surface area contributed by atoms with Crippen molar-refractivity contribution in [2.24, 2.45) is 0 Å². The lowest BCUT2D eigenvalue weighted by atomic mass is 9.98. The summed E-state index contributed by atoms with van der Waals surface area (Å²) in [5, 5.41) is 4.61. The number of para-hydroxylation sites is 2. The first-order valence-corrected chi connectivity index (χ1v) is 20.9. The molecule has 0 saturated heterocycles. The van der Waals surface area contributed by atoms with Crippen molar-refractivity contribution < 1.29 is 0 Å². The Hall–Kier alpha value is -8.41.